The van der Waals surface area contributed by atoms with Crippen LogP contribution in [-0.2, 0) is 4.74 Å². The molecule has 0 aromatic rings. The molecule has 0 aliphatic heterocycles. The molecular weight excluding hydrogens is 176 g/mol. The van der Waals surface area contributed by atoms with Gasteiger partial charge in [0.2, 0.25) is 0 Å². The summed E-state index contributed by atoms with van der Waals surface area (Å²) in [5.41, 5.74) is 0. The molecule has 1 aliphatic rings. The Morgan fingerprint density at radius 2 is 1.71 bits per heavy atom. The fraction of sp³-hybridized carbons (Fsp3) is 1.00. The van der Waals surface area contributed by atoms with Crippen LogP contribution in [0.25, 0.3) is 0 Å². The summed E-state index contributed by atoms with van der Waals surface area (Å²) in [6, 6.07) is 0. The molecule has 0 radical (unpaired) electrons. The van der Waals surface area contributed by atoms with Crippen LogP contribution in [0.2, 0.25) is 0 Å². The fourth-order valence-electron chi connectivity index (χ4n) is 2.55. The van der Waals surface area contributed by atoms with Crippen molar-refractivity contribution in [3.63, 3.8) is 0 Å². The maximum absolute atomic E-state index is 10.2. The molecule has 2 unspecified atom stereocenters. The Bertz CT molecular complexity index is 150. The van der Waals surface area contributed by atoms with Gasteiger partial charge in [0.1, 0.15) is 0 Å². The molecule has 0 bridgehead atoms. The van der Waals surface area contributed by atoms with Gasteiger partial charge in [-0.2, -0.15) is 0 Å². The first-order valence-electron chi connectivity index (χ1n) is 5.87. The molecule has 1 rings (SSSR count). The molecule has 1 fully saturated rings. The van der Waals surface area contributed by atoms with E-state index in [-0.39, 0.29) is 12.2 Å². The summed E-state index contributed by atoms with van der Waals surface area (Å²) >= 11 is 0. The van der Waals surface area contributed by atoms with Crippen LogP contribution in [0.1, 0.15) is 46.0 Å². The van der Waals surface area contributed by atoms with Gasteiger partial charge >= 0.3 is 0 Å². The SMILES string of the molecule is COC(C(C)C)C(O)C1CCCCC1. The maximum atomic E-state index is 10.2. The Morgan fingerprint density at radius 3 is 2.14 bits per heavy atom. The first-order valence-corrected chi connectivity index (χ1v) is 5.87. The molecule has 1 aliphatic carbocycles. The third kappa shape index (κ3) is 2.96. The standard InChI is InChI=1S/C12H24O2/c1-9(2)12(14-3)11(13)10-7-5-4-6-8-10/h9-13H,4-8H2,1-3H3. The van der Waals surface area contributed by atoms with E-state index in [1.807, 2.05) is 0 Å². The van der Waals surface area contributed by atoms with E-state index in [4.69, 9.17) is 4.74 Å². The highest BCUT2D eigenvalue weighted by Gasteiger charge is 2.30. The molecule has 84 valence electrons. The summed E-state index contributed by atoms with van der Waals surface area (Å²) in [6.45, 7) is 4.22. The molecule has 1 N–H and O–H groups in total. The van der Waals surface area contributed by atoms with Gasteiger partial charge in [0, 0.05) is 7.11 Å². The smallest absolute Gasteiger partial charge is 0.0855 e. The Morgan fingerprint density at radius 1 is 1.14 bits per heavy atom. The van der Waals surface area contributed by atoms with Crippen molar-refractivity contribution in [2.45, 2.75) is 58.2 Å². The van der Waals surface area contributed by atoms with Crippen LogP contribution < -0.4 is 0 Å². The van der Waals surface area contributed by atoms with Gasteiger partial charge < -0.3 is 9.84 Å². The summed E-state index contributed by atoms with van der Waals surface area (Å²) < 4.78 is 5.38. The molecule has 1 saturated carbocycles. The number of hydrogen-bond donors (Lipinski definition) is 1. The summed E-state index contributed by atoms with van der Waals surface area (Å²) in [7, 11) is 1.71. The van der Waals surface area contributed by atoms with Gasteiger partial charge in [0.15, 0.2) is 0 Å². The van der Waals surface area contributed by atoms with Crippen molar-refractivity contribution in [1.82, 2.24) is 0 Å². The minimum atomic E-state index is -0.264. The van der Waals surface area contributed by atoms with E-state index in [1.165, 1.54) is 32.1 Å². The van der Waals surface area contributed by atoms with Crippen LogP contribution in [0.3, 0.4) is 0 Å². The molecule has 0 spiro atoms. The highest BCUT2D eigenvalue weighted by atomic mass is 16.5. The summed E-state index contributed by atoms with van der Waals surface area (Å²) in [5, 5.41) is 10.2. The van der Waals surface area contributed by atoms with Crippen LogP contribution in [-0.4, -0.2) is 24.4 Å². The zero-order valence-corrected chi connectivity index (χ0v) is 9.70. The van der Waals surface area contributed by atoms with Gasteiger partial charge in [0.25, 0.3) is 0 Å². The number of aliphatic hydroxyl groups is 1. The molecule has 0 heterocycles. The third-order valence-corrected chi connectivity index (χ3v) is 3.40. The van der Waals surface area contributed by atoms with Crippen molar-refractivity contribution in [2.24, 2.45) is 11.8 Å². The molecule has 0 amide bonds. The molecule has 2 nitrogen and oxygen atoms in total. The average molecular weight is 200 g/mol. The van der Waals surface area contributed by atoms with Crippen LogP contribution in [0, 0.1) is 11.8 Å². The van der Waals surface area contributed by atoms with E-state index in [2.05, 4.69) is 13.8 Å². The minimum absolute atomic E-state index is 0.0121. The lowest BCUT2D eigenvalue weighted by Gasteiger charge is -2.33. The highest BCUT2D eigenvalue weighted by molar-refractivity contribution is 4.81. The molecule has 2 heteroatoms. The minimum Gasteiger partial charge on any atom is -0.390 e. The van der Waals surface area contributed by atoms with E-state index >= 15 is 0 Å². The van der Waals surface area contributed by atoms with E-state index < -0.39 is 0 Å². The first kappa shape index (κ1) is 12.0. The number of ether oxygens (including phenoxy) is 1. The number of aliphatic hydroxyl groups excluding tert-OH is 1. The number of hydrogen-bond acceptors (Lipinski definition) is 2. The molecule has 2 atom stereocenters. The molecular formula is C12H24O2. The Kier molecular flexibility index (Phi) is 4.90. The zero-order chi connectivity index (χ0) is 10.6. The molecule has 14 heavy (non-hydrogen) atoms. The van der Waals surface area contributed by atoms with Crippen molar-refractivity contribution < 1.29 is 9.84 Å². The lowest BCUT2D eigenvalue weighted by atomic mass is 9.81. The Labute approximate surface area is 87.7 Å². The van der Waals surface area contributed by atoms with Gasteiger partial charge in [-0.05, 0) is 24.7 Å². The number of methoxy groups -OCH3 is 1. The quantitative estimate of drug-likeness (QED) is 0.756. The number of rotatable bonds is 4. The van der Waals surface area contributed by atoms with Gasteiger partial charge in [-0.1, -0.05) is 33.1 Å². The largest absolute Gasteiger partial charge is 0.390 e. The van der Waals surface area contributed by atoms with Gasteiger partial charge in [-0.25, -0.2) is 0 Å². The third-order valence-electron chi connectivity index (χ3n) is 3.40. The average Bonchev–Trinajstić information content (AvgIpc) is 2.19. The van der Waals surface area contributed by atoms with E-state index in [1.54, 1.807) is 7.11 Å². The summed E-state index contributed by atoms with van der Waals surface area (Å²) in [5.74, 6) is 0.869. The molecule has 0 aromatic carbocycles. The van der Waals surface area contributed by atoms with Gasteiger partial charge in [-0.3, -0.25) is 0 Å². The maximum Gasteiger partial charge on any atom is 0.0855 e. The van der Waals surface area contributed by atoms with Gasteiger partial charge in [0.05, 0.1) is 12.2 Å². The summed E-state index contributed by atoms with van der Waals surface area (Å²) in [6.07, 6.45) is 5.98. The topological polar surface area (TPSA) is 29.5 Å². The van der Waals surface area contributed by atoms with E-state index in [0.717, 1.165) is 0 Å². The second-order valence-electron chi connectivity index (χ2n) is 4.83. The first-order chi connectivity index (χ1) is 6.66. The Hall–Kier alpha value is -0.0800. The molecule has 0 aromatic heterocycles. The van der Waals surface area contributed by atoms with E-state index in [9.17, 15) is 5.11 Å². The lowest BCUT2D eigenvalue weighted by molar-refractivity contribution is -0.0702. The van der Waals surface area contributed by atoms with Crippen LogP contribution in [0.4, 0.5) is 0 Å². The van der Waals surface area contributed by atoms with Crippen molar-refractivity contribution in [1.29, 1.82) is 0 Å². The Balaban J connectivity index is 2.47. The normalized spacial score (nSPS) is 23.8. The monoisotopic (exact) mass is 200 g/mol. The van der Waals surface area contributed by atoms with Crippen LogP contribution in [0.15, 0.2) is 0 Å². The zero-order valence-electron chi connectivity index (χ0n) is 9.70. The van der Waals surface area contributed by atoms with E-state index in [0.29, 0.717) is 11.8 Å². The van der Waals surface area contributed by atoms with Crippen molar-refractivity contribution in [3.05, 3.63) is 0 Å². The van der Waals surface area contributed by atoms with Crippen molar-refractivity contribution in [2.75, 3.05) is 7.11 Å². The molecule has 0 saturated heterocycles. The predicted molar refractivity (Wildman–Crippen MR) is 58.2 cm³/mol. The van der Waals surface area contributed by atoms with Crippen LogP contribution >= 0.6 is 0 Å². The van der Waals surface area contributed by atoms with Crippen molar-refractivity contribution >= 4 is 0 Å². The van der Waals surface area contributed by atoms with Gasteiger partial charge in [-0.15, -0.1) is 0 Å². The van der Waals surface area contributed by atoms with Crippen LogP contribution in [0.5, 0.6) is 0 Å². The summed E-state index contributed by atoms with van der Waals surface area (Å²) in [4.78, 5) is 0. The fourth-order valence-corrected chi connectivity index (χ4v) is 2.55. The predicted octanol–water partition coefficient (Wildman–Crippen LogP) is 2.60. The second kappa shape index (κ2) is 5.72. The lowest BCUT2D eigenvalue weighted by Crippen LogP contribution is -2.39. The van der Waals surface area contributed by atoms with Crippen molar-refractivity contribution in [3.8, 4) is 0 Å². The highest BCUT2D eigenvalue weighted by Crippen LogP contribution is 2.30. The second-order valence-corrected chi connectivity index (χ2v) is 4.83.